The fourth-order valence-electron chi connectivity index (χ4n) is 1.32. The van der Waals surface area contributed by atoms with Gasteiger partial charge in [-0.05, 0) is 57.5 Å². The van der Waals surface area contributed by atoms with Crippen LogP contribution in [0.2, 0.25) is 0 Å². The van der Waals surface area contributed by atoms with Gasteiger partial charge in [-0.15, -0.1) is 0 Å². The fraction of sp³-hybridized carbons (Fsp3) is 0.625. The minimum Gasteiger partial charge on any atom is -0.443 e. The molecule has 1 rings (SSSR count). The molecule has 136 valence electrons. The minimum absolute atomic E-state index is 0.0119. The topological polar surface area (TPSA) is 81.6 Å². The van der Waals surface area contributed by atoms with E-state index in [1.54, 1.807) is 41.5 Å². The van der Waals surface area contributed by atoms with E-state index in [1.165, 1.54) is 12.4 Å². The van der Waals surface area contributed by atoms with Crippen molar-refractivity contribution in [1.82, 2.24) is 9.97 Å². The number of ether oxygens (including phenoxy) is 2. The number of hydrogen-bond acceptors (Lipinski definition) is 6. The van der Waals surface area contributed by atoms with Gasteiger partial charge in [0.05, 0.1) is 12.4 Å². The van der Waals surface area contributed by atoms with Crippen molar-refractivity contribution in [2.24, 2.45) is 0 Å². The monoisotopic (exact) mass is 403 g/mol. The van der Waals surface area contributed by atoms with Gasteiger partial charge in [-0.1, -0.05) is 13.8 Å². The maximum atomic E-state index is 12.3. The van der Waals surface area contributed by atoms with E-state index < -0.39 is 23.4 Å². The number of aromatic nitrogens is 2. The Morgan fingerprint density at radius 2 is 1.38 bits per heavy atom. The van der Waals surface area contributed by atoms with E-state index in [1.807, 2.05) is 13.8 Å². The first-order valence-electron chi connectivity index (χ1n) is 7.63. The Morgan fingerprint density at radius 1 is 0.958 bits per heavy atom. The lowest BCUT2D eigenvalue weighted by atomic mass is 10.2. The maximum absolute atomic E-state index is 12.3. The summed E-state index contributed by atoms with van der Waals surface area (Å²) in [6.07, 6.45) is 0.952. The highest BCUT2D eigenvalue weighted by atomic mass is 79.9. The van der Waals surface area contributed by atoms with Gasteiger partial charge in [-0.2, -0.15) is 4.90 Å². The van der Waals surface area contributed by atoms with Gasteiger partial charge in [-0.3, -0.25) is 4.98 Å². The SMILES string of the molecule is CC.CC(C)(C)OC(=O)N(C(=O)OC(C)(C)C)c1cncc(Br)n1. The third-order valence-electron chi connectivity index (χ3n) is 1.97. The van der Waals surface area contributed by atoms with Crippen molar-refractivity contribution in [3.63, 3.8) is 0 Å². The highest BCUT2D eigenvalue weighted by Gasteiger charge is 2.33. The number of halogens is 1. The van der Waals surface area contributed by atoms with E-state index in [-0.39, 0.29) is 5.82 Å². The molecule has 0 atom stereocenters. The van der Waals surface area contributed by atoms with Crippen molar-refractivity contribution in [2.45, 2.75) is 66.6 Å². The number of nitrogens with zero attached hydrogens (tertiary/aromatic N) is 3. The first-order chi connectivity index (χ1) is 10.9. The van der Waals surface area contributed by atoms with Crippen molar-refractivity contribution in [3.8, 4) is 0 Å². The molecule has 0 radical (unpaired) electrons. The zero-order valence-corrected chi connectivity index (χ0v) is 17.1. The molecule has 2 amide bonds. The second kappa shape index (κ2) is 8.96. The van der Waals surface area contributed by atoms with Gasteiger partial charge >= 0.3 is 12.2 Å². The van der Waals surface area contributed by atoms with Gasteiger partial charge in [0.2, 0.25) is 0 Å². The second-order valence-electron chi connectivity index (χ2n) is 6.50. The molecule has 0 aromatic carbocycles. The van der Waals surface area contributed by atoms with Crippen LogP contribution in [0.3, 0.4) is 0 Å². The zero-order valence-electron chi connectivity index (χ0n) is 15.5. The van der Waals surface area contributed by atoms with Crippen LogP contribution in [-0.4, -0.2) is 33.4 Å². The van der Waals surface area contributed by atoms with Gasteiger partial charge < -0.3 is 9.47 Å². The number of amides is 2. The Balaban J connectivity index is 0.00000254. The molecule has 8 heteroatoms. The average Bonchev–Trinajstić information content (AvgIpc) is 2.36. The lowest BCUT2D eigenvalue weighted by Gasteiger charge is -2.27. The highest BCUT2D eigenvalue weighted by molar-refractivity contribution is 9.10. The molecule has 1 heterocycles. The van der Waals surface area contributed by atoms with Crippen molar-refractivity contribution in [2.75, 3.05) is 4.90 Å². The summed E-state index contributed by atoms with van der Waals surface area (Å²) in [5.41, 5.74) is -1.53. The molecule has 1 aromatic rings. The molecular formula is C16H26BrN3O4. The number of hydrogen-bond donors (Lipinski definition) is 0. The van der Waals surface area contributed by atoms with E-state index in [4.69, 9.17) is 9.47 Å². The summed E-state index contributed by atoms with van der Waals surface area (Å²) in [6.45, 7) is 14.2. The molecule has 0 aliphatic heterocycles. The summed E-state index contributed by atoms with van der Waals surface area (Å²) in [7, 11) is 0. The summed E-state index contributed by atoms with van der Waals surface area (Å²) < 4.78 is 10.8. The van der Waals surface area contributed by atoms with Crippen LogP contribution in [0.4, 0.5) is 15.4 Å². The van der Waals surface area contributed by atoms with Crippen molar-refractivity contribution in [3.05, 3.63) is 17.0 Å². The summed E-state index contributed by atoms with van der Waals surface area (Å²) >= 11 is 3.15. The Hall–Kier alpha value is -1.70. The molecule has 24 heavy (non-hydrogen) atoms. The zero-order chi connectivity index (χ0) is 19.1. The van der Waals surface area contributed by atoms with Crippen LogP contribution in [0.1, 0.15) is 55.4 Å². The molecule has 0 aliphatic rings. The Labute approximate surface area is 151 Å². The minimum atomic E-state index is -0.880. The Kier molecular flexibility index (Phi) is 8.32. The first kappa shape index (κ1) is 22.3. The van der Waals surface area contributed by atoms with Crippen LogP contribution >= 0.6 is 15.9 Å². The van der Waals surface area contributed by atoms with Crippen molar-refractivity contribution < 1.29 is 19.1 Å². The maximum Gasteiger partial charge on any atom is 0.425 e. The Morgan fingerprint density at radius 3 is 1.71 bits per heavy atom. The molecule has 0 saturated heterocycles. The lowest BCUT2D eigenvalue weighted by molar-refractivity contribution is 0.0429. The molecule has 0 aliphatic carbocycles. The Bertz CT molecular complexity index is 537. The summed E-state index contributed by atoms with van der Waals surface area (Å²) in [5.74, 6) is 0.0119. The quantitative estimate of drug-likeness (QED) is 0.659. The second-order valence-corrected chi connectivity index (χ2v) is 7.31. The lowest BCUT2D eigenvalue weighted by Crippen LogP contribution is -2.44. The van der Waals surface area contributed by atoms with Gasteiger partial charge in [0, 0.05) is 0 Å². The highest BCUT2D eigenvalue weighted by Crippen LogP contribution is 2.20. The van der Waals surface area contributed by atoms with E-state index in [0.717, 1.165) is 0 Å². The number of carbonyl (C=O) groups excluding carboxylic acids is 2. The molecular weight excluding hydrogens is 378 g/mol. The first-order valence-corrected chi connectivity index (χ1v) is 8.42. The average molecular weight is 404 g/mol. The van der Waals surface area contributed by atoms with E-state index in [0.29, 0.717) is 9.50 Å². The number of anilines is 1. The predicted molar refractivity (Wildman–Crippen MR) is 96.0 cm³/mol. The van der Waals surface area contributed by atoms with Crippen LogP contribution < -0.4 is 4.90 Å². The number of imide groups is 1. The third-order valence-corrected chi connectivity index (χ3v) is 2.36. The van der Waals surface area contributed by atoms with Crippen LogP contribution in [-0.2, 0) is 9.47 Å². The van der Waals surface area contributed by atoms with Crippen LogP contribution in [0.25, 0.3) is 0 Å². The van der Waals surface area contributed by atoms with E-state index in [9.17, 15) is 9.59 Å². The largest absolute Gasteiger partial charge is 0.443 e. The van der Waals surface area contributed by atoms with E-state index >= 15 is 0 Å². The normalized spacial score (nSPS) is 11.0. The van der Waals surface area contributed by atoms with Gasteiger partial charge in [0.15, 0.2) is 5.82 Å². The van der Waals surface area contributed by atoms with Gasteiger partial charge in [0.1, 0.15) is 15.8 Å². The van der Waals surface area contributed by atoms with Crippen LogP contribution in [0.5, 0.6) is 0 Å². The number of carbonyl (C=O) groups is 2. The molecule has 1 aromatic heterocycles. The molecule has 7 nitrogen and oxygen atoms in total. The van der Waals surface area contributed by atoms with Crippen molar-refractivity contribution >= 4 is 33.9 Å². The molecule has 0 fully saturated rings. The molecule has 0 saturated carbocycles. The van der Waals surface area contributed by atoms with Crippen molar-refractivity contribution in [1.29, 1.82) is 0 Å². The molecule has 0 spiro atoms. The summed E-state index contributed by atoms with van der Waals surface area (Å²) in [4.78, 5) is 33.3. The fourth-order valence-corrected chi connectivity index (χ4v) is 1.62. The molecule has 0 unspecified atom stereocenters. The predicted octanol–water partition coefficient (Wildman–Crippen LogP) is 4.94. The van der Waals surface area contributed by atoms with Crippen LogP contribution in [0.15, 0.2) is 17.0 Å². The molecule has 0 N–H and O–H groups in total. The molecule has 0 bridgehead atoms. The summed E-state index contributed by atoms with van der Waals surface area (Å²) in [5, 5.41) is 0. The number of rotatable bonds is 1. The van der Waals surface area contributed by atoms with Crippen LogP contribution in [0, 0.1) is 0 Å². The van der Waals surface area contributed by atoms with E-state index in [2.05, 4.69) is 25.9 Å². The van der Waals surface area contributed by atoms with Gasteiger partial charge in [-0.25, -0.2) is 14.6 Å². The standard InChI is InChI=1S/C14H20BrN3O4.C2H6/c1-13(2,3)21-11(19)18(12(20)22-14(4,5)6)10-8-16-7-9(15)17-10;1-2/h7-8H,1-6H3;1-2H3. The summed E-state index contributed by atoms with van der Waals surface area (Å²) in [6, 6.07) is 0. The smallest absolute Gasteiger partial charge is 0.425 e. The van der Waals surface area contributed by atoms with Gasteiger partial charge in [0.25, 0.3) is 0 Å². The third kappa shape index (κ3) is 8.24.